The highest BCUT2D eigenvalue weighted by Gasteiger charge is 2.27. The fourth-order valence-corrected chi connectivity index (χ4v) is 3.02. The molecule has 2 heterocycles. The molecule has 1 saturated heterocycles. The van der Waals surface area contributed by atoms with Crippen LogP contribution in [0, 0.1) is 5.92 Å². The molecule has 1 aliphatic heterocycles. The van der Waals surface area contributed by atoms with E-state index in [2.05, 4.69) is 24.1 Å². The van der Waals surface area contributed by atoms with Crippen LogP contribution in [0.25, 0.3) is 0 Å². The van der Waals surface area contributed by atoms with Gasteiger partial charge < -0.3 is 15.3 Å². The van der Waals surface area contributed by atoms with Crippen LogP contribution in [0.15, 0.2) is 5.38 Å². The molecule has 1 aromatic rings. The van der Waals surface area contributed by atoms with Crippen molar-refractivity contribution >= 4 is 17.4 Å². The summed E-state index contributed by atoms with van der Waals surface area (Å²) in [7, 11) is 0. The largest absolute Gasteiger partial charge is 0.391 e. The van der Waals surface area contributed by atoms with Crippen LogP contribution in [0.5, 0.6) is 0 Å². The molecule has 0 aromatic carbocycles. The van der Waals surface area contributed by atoms with Gasteiger partial charge in [-0.15, -0.1) is 11.3 Å². The molecule has 2 N–H and O–H groups in total. The molecule has 0 radical (unpaired) electrons. The van der Waals surface area contributed by atoms with Crippen molar-refractivity contribution in [2.24, 2.45) is 5.92 Å². The molecule has 20 heavy (non-hydrogen) atoms. The first-order valence-corrected chi connectivity index (χ1v) is 8.00. The van der Waals surface area contributed by atoms with Crippen LogP contribution < -0.4 is 5.32 Å². The van der Waals surface area contributed by atoms with Gasteiger partial charge in [-0.1, -0.05) is 20.8 Å². The van der Waals surface area contributed by atoms with E-state index in [-0.39, 0.29) is 11.9 Å². The number of aromatic nitrogens is 1. The fourth-order valence-electron chi connectivity index (χ4n) is 2.18. The Labute approximate surface area is 124 Å². The molecule has 0 aliphatic carbocycles. The van der Waals surface area contributed by atoms with Crippen molar-refractivity contribution in [2.75, 3.05) is 13.1 Å². The molecule has 0 spiro atoms. The highest BCUT2D eigenvalue weighted by molar-refractivity contribution is 7.09. The van der Waals surface area contributed by atoms with Crippen molar-refractivity contribution in [2.45, 2.75) is 45.8 Å². The molecule has 5 nitrogen and oxygen atoms in total. The minimum Gasteiger partial charge on any atom is -0.391 e. The van der Waals surface area contributed by atoms with Gasteiger partial charge in [-0.2, -0.15) is 0 Å². The normalized spacial score (nSPS) is 23.1. The van der Waals surface area contributed by atoms with Gasteiger partial charge in [0.25, 0.3) is 0 Å². The van der Waals surface area contributed by atoms with E-state index in [1.807, 2.05) is 12.3 Å². The smallest absolute Gasteiger partial charge is 0.317 e. The van der Waals surface area contributed by atoms with Crippen LogP contribution in [0.1, 0.15) is 43.8 Å². The number of likely N-dealkylation sites (tertiary alicyclic amines) is 1. The Morgan fingerprint density at radius 2 is 2.40 bits per heavy atom. The van der Waals surface area contributed by atoms with Gasteiger partial charge in [0.1, 0.15) is 0 Å². The third kappa shape index (κ3) is 3.70. The fraction of sp³-hybridized carbons (Fsp3) is 0.714. The second-order valence-corrected chi connectivity index (χ2v) is 6.66. The molecule has 2 rings (SSSR count). The standard InChI is InChI=1S/C14H23N3O2S/c1-9(2)13-16-11(8-20-13)6-15-14(19)17-5-4-10(3)12(18)7-17/h8-10,12,18H,4-7H2,1-3H3,(H,15,19). The van der Waals surface area contributed by atoms with Gasteiger partial charge in [0, 0.05) is 24.4 Å². The van der Waals surface area contributed by atoms with Crippen LogP contribution in [0.4, 0.5) is 4.79 Å². The van der Waals surface area contributed by atoms with E-state index in [4.69, 9.17) is 0 Å². The summed E-state index contributed by atoms with van der Waals surface area (Å²) in [5.74, 6) is 0.689. The van der Waals surface area contributed by atoms with E-state index in [0.717, 1.165) is 17.1 Å². The van der Waals surface area contributed by atoms with E-state index >= 15 is 0 Å². The number of amides is 2. The summed E-state index contributed by atoms with van der Waals surface area (Å²) < 4.78 is 0. The number of hydrogen-bond donors (Lipinski definition) is 2. The van der Waals surface area contributed by atoms with E-state index in [1.54, 1.807) is 16.2 Å². The second kappa shape index (κ2) is 6.54. The number of nitrogens with one attached hydrogen (secondary N) is 1. The zero-order valence-corrected chi connectivity index (χ0v) is 13.1. The molecule has 2 amide bonds. The lowest BCUT2D eigenvalue weighted by molar-refractivity contribution is 0.0435. The Kier molecular flexibility index (Phi) is 4.99. The molecule has 2 unspecified atom stereocenters. The number of urea groups is 1. The first-order valence-electron chi connectivity index (χ1n) is 7.12. The maximum absolute atomic E-state index is 12.0. The first kappa shape index (κ1) is 15.3. The Balaban J connectivity index is 1.82. The third-order valence-corrected chi connectivity index (χ3v) is 4.88. The Morgan fingerprint density at radius 1 is 1.65 bits per heavy atom. The summed E-state index contributed by atoms with van der Waals surface area (Å²) in [6, 6.07) is -0.116. The summed E-state index contributed by atoms with van der Waals surface area (Å²) in [5.41, 5.74) is 0.901. The predicted octanol–water partition coefficient (Wildman–Crippen LogP) is 2.18. The lowest BCUT2D eigenvalue weighted by Gasteiger charge is -2.34. The molecule has 1 fully saturated rings. The van der Waals surface area contributed by atoms with Crippen molar-refractivity contribution in [3.8, 4) is 0 Å². The zero-order valence-electron chi connectivity index (χ0n) is 12.3. The van der Waals surface area contributed by atoms with Crippen LogP contribution >= 0.6 is 11.3 Å². The highest BCUT2D eigenvalue weighted by Crippen LogP contribution is 2.19. The van der Waals surface area contributed by atoms with Crippen molar-refractivity contribution < 1.29 is 9.90 Å². The minimum absolute atomic E-state index is 0.116. The summed E-state index contributed by atoms with van der Waals surface area (Å²) >= 11 is 1.63. The maximum Gasteiger partial charge on any atom is 0.317 e. The van der Waals surface area contributed by atoms with Crippen LogP contribution in [0.2, 0.25) is 0 Å². The number of nitrogens with zero attached hydrogens (tertiary/aromatic N) is 2. The van der Waals surface area contributed by atoms with Crippen molar-refractivity contribution in [1.29, 1.82) is 0 Å². The van der Waals surface area contributed by atoms with Crippen LogP contribution in [0.3, 0.4) is 0 Å². The summed E-state index contributed by atoms with van der Waals surface area (Å²) in [5, 5.41) is 15.8. The van der Waals surface area contributed by atoms with E-state index in [9.17, 15) is 9.90 Å². The molecule has 2 atom stereocenters. The molecule has 112 valence electrons. The van der Waals surface area contributed by atoms with Gasteiger partial charge in [-0.05, 0) is 12.3 Å². The highest BCUT2D eigenvalue weighted by atomic mass is 32.1. The SMILES string of the molecule is CC(C)c1nc(CNC(=O)N2CCC(C)C(O)C2)cs1. The Bertz CT molecular complexity index is 461. The summed E-state index contributed by atoms with van der Waals surface area (Å²) in [4.78, 5) is 18.2. The Hall–Kier alpha value is -1.14. The van der Waals surface area contributed by atoms with Gasteiger partial charge in [0.15, 0.2) is 0 Å². The molecular weight excluding hydrogens is 274 g/mol. The van der Waals surface area contributed by atoms with Crippen molar-refractivity contribution in [1.82, 2.24) is 15.2 Å². The molecule has 6 heteroatoms. The van der Waals surface area contributed by atoms with Gasteiger partial charge in [-0.25, -0.2) is 9.78 Å². The number of β-amino-alcohol motifs (C(OH)–C–C–N with tert-alkyl or cyclic N) is 1. The minimum atomic E-state index is -0.415. The molecule has 1 aliphatic rings. The van der Waals surface area contributed by atoms with Crippen LogP contribution in [-0.2, 0) is 6.54 Å². The van der Waals surface area contributed by atoms with E-state index < -0.39 is 6.10 Å². The van der Waals surface area contributed by atoms with Gasteiger partial charge in [-0.3, -0.25) is 0 Å². The quantitative estimate of drug-likeness (QED) is 0.898. The molecule has 0 saturated carbocycles. The second-order valence-electron chi connectivity index (χ2n) is 5.77. The number of hydrogen-bond acceptors (Lipinski definition) is 4. The number of piperidine rings is 1. The number of aliphatic hydroxyl groups excluding tert-OH is 1. The van der Waals surface area contributed by atoms with Crippen LogP contribution in [-0.4, -0.2) is 40.2 Å². The first-order chi connectivity index (χ1) is 9.47. The lowest BCUT2D eigenvalue weighted by Crippen LogP contribution is -2.49. The van der Waals surface area contributed by atoms with Gasteiger partial charge in [0.2, 0.25) is 0 Å². The predicted molar refractivity (Wildman–Crippen MR) is 79.8 cm³/mol. The zero-order chi connectivity index (χ0) is 14.7. The van der Waals surface area contributed by atoms with Crippen molar-refractivity contribution in [3.63, 3.8) is 0 Å². The van der Waals surface area contributed by atoms with Gasteiger partial charge in [0.05, 0.1) is 23.4 Å². The number of carbonyl (C=O) groups excluding carboxylic acids is 1. The van der Waals surface area contributed by atoms with Crippen molar-refractivity contribution in [3.05, 3.63) is 16.1 Å². The number of carbonyl (C=O) groups is 1. The molecule has 0 bridgehead atoms. The molecule has 1 aromatic heterocycles. The summed E-state index contributed by atoms with van der Waals surface area (Å²) in [6.45, 7) is 7.81. The topological polar surface area (TPSA) is 65.5 Å². The number of thiazole rings is 1. The monoisotopic (exact) mass is 297 g/mol. The average molecular weight is 297 g/mol. The lowest BCUT2D eigenvalue weighted by atomic mass is 9.96. The summed E-state index contributed by atoms with van der Waals surface area (Å²) in [6.07, 6.45) is 0.435. The average Bonchev–Trinajstić information content (AvgIpc) is 2.88. The van der Waals surface area contributed by atoms with E-state index in [1.165, 1.54) is 0 Å². The van der Waals surface area contributed by atoms with E-state index in [0.29, 0.717) is 25.6 Å². The Morgan fingerprint density at radius 3 is 3.00 bits per heavy atom. The van der Waals surface area contributed by atoms with Gasteiger partial charge >= 0.3 is 6.03 Å². The number of aliphatic hydroxyl groups is 1. The number of rotatable bonds is 3. The molecular formula is C14H23N3O2S. The third-order valence-electron chi connectivity index (χ3n) is 3.69. The maximum atomic E-state index is 12.0.